The second-order valence-electron chi connectivity index (χ2n) is 11.8. The van der Waals surface area contributed by atoms with Gasteiger partial charge in [-0.3, -0.25) is 9.59 Å². The van der Waals surface area contributed by atoms with E-state index < -0.39 is 5.82 Å². The van der Waals surface area contributed by atoms with Gasteiger partial charge in [0.2, 0.25) is 5.88 Å². The molecule has 0 spiro atoms. The molecule has 3 aromatic carbocycles. The van der Waals surface area contributed by atoms with E-state index in [0.717, 1.165) is 22.2 Å². The number of rotatable bonds is 6. The molecular weight excluding hydrogens is 543 g/mol. The maximum Gasteiger partial charge on any atom is 0.232 e. The Morgan fingerprint density at radius 3 is 2.51 bits per heavy atom. The first-order valence-corrected chi connectivity index (χ1v) is 14.0. The van der Waals surface area contributed by atoms with Crippen LogP contribution in [-0.2, 0) is 18.9 Å². The van der Waals surface area contributed by atoms with Crippen molar-refractivity contribution in [2.75, 3.05) is 0 Å². The highest BCUT2D eigenvalue weighted by atomic mass is 19.1. The van der Waals surface area contributed by atoms with Crippen LogP contribution in [-0.4, -0.2) is 25.3 Å². The predicted molar refractivity (Wildman–Crippen MR) is 166 cm³/mol. The summed E-state index contributed by atoms with van der Waals surface area (Å²) in [6, 6.07) is 19.9. The number of ketones is 1. The first-order chi connectivity index (χ1) is 20.5. The van der Waals surface area contributed by atoms with Gasteiger partial charge in [0.05, 0.1) is 16.5 Å². The number of fused-ring (bicyclic) bond motifs is 2. The van der Waals surface area contributed by atoms with E-state index >= 15 is 4.39 Å². The molecule has 0 saturated heterocycles. The van der Waals surface area contributed by atoms with Crippen molar-refractivity contribution in [2.45, 2.75) is 39.5 Å². The topological polar surface area (TPSA) is 89.9 Å². The van der Waals surface area contributed by atoms with Crippen molar-refractivity contribution in [2.24, 2.45) is 7.05 Å². The third-order valence-electron chi connectivity index (χ3n) is 7.93. The van der Waals surface area contributed by atoms with Crippen LogP contribution in [0, 0.1) is 12.7 Å². The molecule has 216 valence electrons. The van der Waals surface area contributed by atoms with Crippen molar-refractivity contribution in [1.82, 2.24) is 19.5 Å². The number of pyridine rings is 1. The number of H-pyrrole nitrogens is 1. The average Bonchev–Trinajstić information content (AvgIpc) is 3.42. The molecule has 1 N–H and O–H groups in total. The smallest absolute Gasteiger partial charge is 0.232 e. The van der Waals surface area contributed by atoms with Crippen LogP contribution in [0.3, 0.4) is 0 Å². The Balaban J connectivity index is 1.31. The van der Waals surface area contributed by atoms with Crippen molar-refractivity contribution in [3.8, 4) is 22.8 Å². The van der Waals surface area contributed by atoms with Gasteiger partial charge in [-0.05, 0) is 53.3 Å². The summed E-state index contributed by atoms with van der Waals surface area (Å²) in [7, 11) is 1.84. The number of nitrogens with zero attached hydrogens (tertiary/aromatic N) is 3. The van der Waals surface area contributed by atoms with Crippen LogP contribution in [0.4, 0.5) is 4.39 Å². The fraction of sp³-hybridized carbons (Fsp3) is 0.200. The number of hydrogen-bond acceptors (Lipinski definition) is 5. The van der Waals surface area contributed by atoms with Gasteiger partial charge in [0.1, 0.15) is 12.0 Å². The number of halogens is 1. The molecule has 0 radical (unpaired) electrons. The van der Waals surface area contributed by atoms with E-state index in [1.807, 2.05) is 66.3 Å². The van der Waals surface area contributed by atoms with E-state index in [0.29, 0.717) is 27.7 Å². The lowest BCUT2D eigenvalue weighted by Crippen LogP contribution is -2.23. The van der Waals surface area contributed by atoms with Crippen LogP contribution < -0.4 is 10.2 Å². The minimum absolute atomic E-state index is 0.0380. The number of Topliss-reactive ketones (excluding diaryl/α,β-unsaturated/α-hetero) is 1. The highest BCUT2D eigenvalue weighted by molar-refractivity contribution is 6.01. The number of aromatic amines is 1. The number of carbonyl (C=O) groups excluding carboxylic acids is 1. The molecule has 6 aromatic rings. The molecule has 0 unspecified atom stereocenters. The molecule has 0 aliphatic carbocycles. The molecule has 7 nitrogen and oxygen atoms in total. The Morgan fingerprint density at radius 1 is 1.02 bits per heavy atom. The summed E-state index contributed by atoms with van der Waals surface area (Å²) < 4.78 is 23.2. The molecular formula is C35H31FN4O3. The molecule has 3 aromatic heterocycles. The Bertz CT molecular complexity index is 2090. The molecule has 0 atom stereocenters. The number of hydrogen-bond donors (Lipinski definition) is 1. The van der Waals surface area contributed by atoms with E-state index in [1.165, 1.54) is 18.5 Å². The Kier molecular flexibility index (Phi) is 6.92. The van der Waals surface area contributed by atoms with Crippen LogP contribution in [0.5, 0.6) is 11.6 Å². The summed E-state index contributed by atoms with van der Waals surface area (Å²) >= 11 is 0. The average molecular weight is 575 g/mol. The molecule has 0 aliphatic heterocycles. The number of aryl methyl sites for hydroxylation is 1. The Labute approximate surface area is 248 Å². The van der Waals surface area contributed by atoms with Gasteiger partial charge in [0.25, 0.3) is 0 Å². The van der Waals surface area contributed by atoms with Crippen molar-refractivity contribution in [1.29, 1.82) is 0 Å². The van der Waals surface area contributed by atoms with Crippen molar-refractivity contribution in [3.05, 3.63) is 118 Å². The van der Waals surface area contributed by atoms with Crippen molar-refractivity contribution >= 4 is 27.7 Å². The number of nitrogens with one attached hydrogen (secondary N) is 1. The maximum atomic E-state index is 15.4. The molecule has 6 rings (SSSR count). The van der Waals surface area contributed by atoms with E-state index in [9.17, 15) is 9.59 Å². The van der Waals surface area contributed by atoms with E-state index in [-0.39, 0.29) is 40.2 Å². The van der Waals surface area contributed by atoms with E-state index in [2.05, 4.69) is 35.7 Å². The maximum absolute atomic E-state index is 15.4. The second-order valence-corrected chi connectivity index (χ2v) is 11.8. The van der Waals surface area contributed by atoms with Crippen LogP contribution >= 0.6 is 0 Å². The molecule has 0 aliphatic rings. The van der Waals surface area contributed by atoms with Crippen LogP contribution in [0.1, 0.15) is 48.0 Å². The number of carbonyl (C=O) groups is 1. The molecule has 0 saturated carbocycles. The quantitative estimate of drug-likeness (QED) is 0.209. The van der Waals surface area contributed by atoms with Gasteiger partial charge >= 0.3 is 0 Å². The van der Waals surface area contributed by atoms with E-state index in [1.54, 1.807) is 13.0 Å². The zero-order valence-corrected chi connectivity index (χ0v) is 24.7. The molecule has 43 heavy (non-hydrogen) atoms. The van der Waals surface area contributed by atoms with Gasteiger partial charge in [0, 0.05) is 36.3 Å². The highest BCUT2D eigenvalue weighted by Gasteiger charge is 2.22. The molecule has 0 fully saturated rings. The van der Waals surface area contributed by atoms with Crippen LogP contribution in [0.15, 0.2) is 84.0 Å². The van der Waals surface area contributed by atoms with Gasteiger partial charge in [-0.1, -0.05) is 63.2 Å². The molecule has 0 amide bonds. The Morgan fingerprint density at radius 2 is 1.79 bits per heavy atom. The first kappa shape index (κ1) is 28.0. The van der Waals surface area contributed by atoms with Gasteiger partial charge < -0.3 is 14.3 Å². The van der Waals surface area contributed by atoms with Gasteiger partial charge in [-0.25, -0.2) is 14.4 Å². The second kappa shape index (κ2) is 10.6. The van der Waals surface area contributed by atoms with Crippen LogP contribution in [0.25, 0.3) is 33.1 Å². The Hall–Kier alpha value is -5.11. The summed E-state index contributed by atoms with van der Waals surface area (Å²) in [4.78, 5) is 38.8. The lowest BCUT2D eigenvalue weighted by molar-refractivity contribution is 0.0990. The fourth-order valence-corrected chi connectivity index (χ4v) is 5.42. The van der Waals surface area contributed by atoms with Gasteiger partial charge in [-0.15, -0.1) is 0 Å². The standard InChI is InChI=1S/C35H31FN4O3/c1-20-30(32(42)24-17-23(35(2,3)4)12-13-27(24)40(20)5)28(41)16-21-11-14-29(26(36)15-21)43-34-31-25(22-9-7-6-8-10-22)18-37-33(31)38-19-39-34/h6-15,17-19H,16H2,1-5H3,(H,37,38,39). The van der Waals surface area contributed by atoms with Gasteiger partial charge in [0.15, 0.2) is 22.8 Å². The first-order valence-electron chi connectivity index (χ1n) is 14.0. The zero-order chi connectivity index (χ0) is 30.5. The lowest BCUT2D eigenvalue weighted by atomic mass is 9.86. The zero-order valence-electron chi connectivity index (χ0n) is 24.7. The number of ether oxygens (including phenoxy) is 1. The summed E-state index contributed by atoms with van der Waals surface area (Å²) in [6.45, 7) is 7.99. The third kappa shape index (κ3) is 5.09. The fourth-order valence-electron chi connectivity index (χ4n) is 5.42. The lowest BCUT2D eigenvalue weighted by Gasteiger charge is -2.21. The summed E-state index contributed by atoms with van der Waals surface area (Å²) in [5.41, 5.74) is 4.75. The van der Waals surface area contributed by atoms with Crippen LogP contribution in [0.2, 0.25) is 0 Å². The van der Waals surface area contributed by atoms with Crippen molar-refractivity contribution in [3.63, 3.8) is 0 Å². The molecule has 3 heterocycles. The van der Waals surface area contributed by atoms with E-state index in [4.69, 9.17) is 4.74 Å². The normalized spacial score (nSPS) is 11.8. The third-order valence-corrected chi connectivity index (χ3v) is 7.93. The highest BCUT2D eigenvalue weighted by Crippen LogP contribution is 2.36. The monoisotopic (exact) mass is 574 g/mol. The molecule has 8 heteroatoms. The summed E-state index contributed by atoms with van der Waals surface area (Å²) in [5.74, 6) is -0.847. The summed E-state index contributed by atoms with van der Waals surface area (Å²) in [6.07, 6.45) is 3.03. The predicted octanol–water partition coefficient (Wildman–Crippen LogP) is 7.44. The minimum Gasteiger partial charge on any atom is -0.435 e. The number of aromatic nitrogens is 4. The van der Waals surface area contributed by atoms with Gasteiger partial charge in [-0.2, -0.15) is 0 Å². The number of benzene rings is 3. The SMILES string of the molecule is Cc1c(C(=O)Cc2ccc(Oc3ncnc4[nH]cc(-c5ccccc5)c34)c(F)c2)c(=O)c2cc(C(C)(C)C)ccc2n1C. The largest absolute Gasteiger partial charge is 0.435 e. The molecule has 0 bridgehead atoms. The summed E-state index contributed by atoms with van der Waals surface area (Å²) in [5, 5.41) is 1.12. The van der Waals surface area contributed by atoms with Crippen molar-refractivity contribution < 1.29 is 13.9 Å². The minimum atomic E-state index is -0.646.